The highest BCUT2D eigenvalue weighted by molar-refractivity contribution is 5.96. The van der Waals surface area contributed by atoms with Crippen molar-refractivity contribution in [2.24, 2.45) is 0 Å². The van der Waals surface area contributed by atoms with Gasteiger partial charge in [0.2, 0.25) is 0 Å². The van der Waals surface area contributed by atoms with E-state index in [1.807, 2.05) is 6.07 Å². The number of nitrogens with one attached hydrogen (secondary N) is 1. The number of amides is 1. The lowest BCUT2D eigenvalue weighted by atomic mass is 10.2. The lowest BCUT2D eigenvalue weighted by Crippen LogP contribution is -2.40. The van der Waals surface area contributed by atoms with Crippen LogP contribution in [0.5, 0.6) is 0 Å². The summed E-state index contributed by atoms with van der Waals surface area (Å²) in [6.45, 7) is 2.59. The quantitative estimate of drug-likeness (QED) is 0.829. The maximum Gasteiger partial charge on any atom is 0.328 e. The molecule has 108 valence electrons. The number of hydrogen-bond acceptors (Lipinski definition) is 4. The lowest BCUT2D eigenvalue weighted by molar-refractivity contribution is -0.148. The maximum atomic E-state index is 11.9. The first-order valence-electron chi connectivity index (χ1n) is 6.81. The third-order valence-electron chi connectivity index (χ3n) is 3.17. The van der Waals surface area contributed by atoms with Crippen LogP contribution in [0.4, 0.5) is 0 Å². The van der Waals surface area contributed by atoms with Gasteiger partial charge in [0, 0.05) is 12.2 Å². The summed E-state index contributed by atoms with van der Waals surface area (Å²) in [5, 5.41) is 2.62. The lowest BCUT2D eigenvalue weighted by Gasteiger charge is -2.15. The average Bonchev–Trinajstić information content (AvgIpc) is 2.98. The van der Waals surface area contributed by atoms with Crippen LogP contribution in [0.25, 0.3) is 0 Å². The summed E-state index contributed by atoms with van der Waals surface area (Å²) >= 11 is 0. The molecule has 2 rings (SSSR count). The molecular weight excluding hydrogens is 258 g/mol. The van der Waals surface area contributed by atoms with E-state index in [-0.39, 0.29) is 18.6 Å². The van der Waals surface area contributed by atoms with Crippen molar-refractivity contribution in [3.05, 3.63) is 35.9 Å². The van der Waals surface area contributed by atoms with Gasteiger partial charge in [0.05, 0.1) is 6.10 Å². The van der Waals surface area contributed by atoms with Gasteiger partial charge in [-0.1, -0.05) is 18.2 Å². The van der Waals surface area contributed by atoms with Gasteiger partial charge in [0.25, 0.3) is 5.91 Å². The van der Waals surface area contributed by atoms with Gasteiger partial charge in [-0.25, -0.2) is 4.79 Å². The molecule has 1 saturated heterocycles. The van der Waals surface area contributed by atoms with Crippen molar-refractivity contribution in [3.8, 4) is 0 Å². The second-order valence-electron chi connectivity index (χ2n) is 4.83. The van der Waals surface area contributed by atoms with Crippen molar-refractivity contribution in [2.45, 2.75) is 31.9 Å². The van der Waals surface area contributed by atoms with Crippen molar-refractivity contribution >= 4 is 11.9 Å². The molecule has 0 saturated carbocycles. The maximum absolute atomic E-state index is 11.9. The molecule has 1 aromatic carbocycles. The van der Waals surface area contributed by atoms with E-state index in [0.29, 0.717) is 5.56 Å². The number of hydrogen-bond donors (Lipinski definition) is 1. The van der Waals surface area contributed by atoms with E-state index >= 15 is 0 Å². The molecule has 1 aliphatic heterocycles. The van der Waals surface area contributed by atoms with E-state index in [0.717, 1.165) is 19.4 Å². The number of carbonyl (C=O) groups excluding carboxylic acids is 2. The zero-order valence-corrected chi connectivity index (χ0v) is 11.5. The highest BCUT2D eigenvalue weighted by Crippen LogP contribution is 2.12. The molecule has 1 fully saturated rings. The van der Waals surface area contributed by atoms with Crippen LogP contribution in [0.15, 0.2) is 30.3 Å². The summed E-state index contributed by atoms with van der Waals surface area (Å²) in [6.07, 6.45) is 1.91. The molecule has 0 radical (unpaired) electrons. The van der Waals surface area contributed by atoms with Crippen molar-refractivity contribution < 1.29 is 19.1 Å². The topological polar surface area (TPSA) is 64.6 Å². The number of carbonyl (C=O) groups is 2. The van der Waals surface area contributed by atoms with Gasteiger partial charge in [-0.05, 0) is 31.9 Å². The minimum Gasteiger partial charge on any atom is -0.461 e. The number of rotatable bonds is 5. The van der Waals surface area contributed by atoms with Gasteiger partial charge >= 0.3 is 5.97 Å². The van der Waals surface area contributed by atoms with Crippen LogP contribution in [-0.2, 0) is 14.3 Å². The van der Waals surface area contributed by atoms with Gasteiger partial charge in [0.15, 0.2) is 0 Å². The molecule has 2 unspecified atom stereocenters. The van der Waals surface area contributed by atoms with Crippen LogP contribution < -0.4 is 5.32 Å². The first-order chi connectivity index (χ1) is 9.66. The molecule has 5 heteroatoms. The zero-order chi connectivity index (χ0) is 14.4. The molecular formula is C15H19NO4. The Morgan fingerprint density at radius 1 is 1.40 bits per heavy atom. The Bertz CT molecular complexity index is 454. The summed E-state index contributed by atoms with van der Waals surface area (Å²) in [6, 6.07) is 8.09. The van der Waals surface area contributed by atoms with Crippen molar-refractivity contribution in [1.29, 1.82) is 0 Å². The van der Waals surface area contributed by atoms with E-state index < -0.39 is 12.0 Å². The minimum atomic E-state index is -0.677. The summed E-state index contributed by atoms with van der Waals surface area (Å²) < 4.78 is 10.5. The van der Waals surface area contributed by atoms with Crippen molar-refractivity contribution in [1.82, 2.24) is 5.32 Å². The highest BCUT2D eigenvalue weighted by atomic mass is 16.6. The van der Waals surface area contributed by atoms with Crippen LogP contribution in [0.2, 0.25) is 0 Å². The standard InChI is InChI=1S/C15H19NO4/c1-11(15(18)20-10-13-8-5-9-19-13)16-14(17)12-6-3-2-4-7-12/h2-4,6-7,11,13H,5,8-10H2,1H3,(H,16,17). The van der Waals surface area contributed by atoms with Crippen LogP contribution in [0, 0.1) is 0 Å². The van der Waals surface area contributed by atoms with E-state index in [9.17, 15) is 9.59 Å². The molecule has 0 bridgehead atoms. The van der Waals surface area contributed by atoms with Crippen LogP contribution in [0.3, 0.4) is 0 Å². The Morgan fingerprint density at radius 3 is 2.80 bits per heavy atom. The molecule has 20 heavy (non-hydrogen) atoms. The monoisotopic (exact) mass is 277 g/mol. The first kappa shape index (κ1) is 14.5. The molecule has 1 amide bonds. The molecule has 0 aromatic heterocycles. The summed E-state index contributed by atoms with van der Waals surface area (Å²) in [5.41, 5.74) is 0.520. The van der Waals surface area contributed by atoms with Crippen LogP contribution in [0.1, 0.15) is 30.1 Å². The molecule has 0 spiro atoms. The third kappa shape index (κ3) is 4.06. The van der Waals surface area contributed by atoms with Gasteiger partial charge in [-0.2, -0.15) is 0 Å². The number of ether oxygens (including phenoxy) is 2. The van der Waals surface area contributed by atoms with Gasteiger partial charge < -0.3 is 14.8 Å². The predicted molar refractivity (Wildman–Crippen MR) is 73.3 cm³/mol. The van der Waals surface area contributed by atoms with Gasteiger partial charge in [-0.3, -0.25) is 4.79 Å². The first-order valence-corrected chi connectivity index (χ1v) is 6.81. The Labute approximate surface area is 118 Å². The van der Waals surface area contributed by atoms with Gasteiger partial charge in [-0.15, -0.1) is 0 Å². The fourth-order valence-electron chi connectivity index (χ4n) is 2.00. The molecule has 0 aliphatic carbocycles. The molecule has 1 aliphatic rings. The number of esters is 1. The van der Waals surface area contributed by atoms with Crippen LogP contribution >= 0.6 is 0 Å². The second kappa shape index (κ2) is 7.05. The average molecular weight is 277 g/mol. The van der Waals surface area contributed by atoms with Crippen molar-refractivity contribution in [3.63, 3.8) is 0 Å². The Morgan fingerprint density at radius 2 is 2.15 bits per heavy atom. The molecule has 1 heterocycles. The Hall–Kier alpha value is -1.88. The Balaban J connectivity index is 1.77. The van der Waals surface area contributed by atoms with E-state index in [4.69, 9.17) is 9.47 Å². The normalized spacial score (nSPS) is 19.4. The molecule has 1 aromatic rings. The molecule has 5 nitrogen and oxygen atoms in total. The zero-order valence-electron chi connectivity index (χ0n) is 11.5. The minimum absolute atomic E-state index is 0.00373. The summed E-state index contributed by atoms with van der Waals surface area (Å²) in [7, 11) is 0. The summed E-state index contributed by atoms with van der Waals surface area (Å²) in [4.78, 5) is 23.7. The number of benzene rings is 1. The highest BCUT2D eigenvalue weighted by Gasteiger charge is 2.21. The predicted octanol–water partition coefficient (Wildman–Crippen LogP) is 1.53. The van der Waals surface area contributed by atoms with Crippen LogP contribution in [-0.4, -0.2) is 37.2 Å². The SMILES string of the molecule is CC(NC(=O)c1ccccc1)C(=O)OCC1CCCO1. The third-order valence-corrected chi connectivity index (χ3v) is 3.17. The molecule has 1 N–H and O–H groups in total. The second-order valence-corrected chi connectivity index (χ2v) is 4.83. The van der Waals surface area contributed by atoms with E-state index in [1.165, 1.54) is 0 Å². The molecule has 2 atom stereocenters. The van der Waals surface area contributed by atoms with E-state index in [1.54, 1.807) is 31.2 Å². The smallest absolute Gasteiger partial charge is 0.328 e. The fourth-order valence-corrected chi connectivity index (χ4v) is 2.00. The fraction of sp³-hybridized carbons (Fsp3) is 0.467. The van der Waals surface area contributed by atoms with E-state index in [2.05, 4.69) is 5.32 Å². The van der Waals surface area contributed by atoms with Gasteiger partial charge in [0.1, 0.15) is 12.6 Å². The largest absolute Gasteiger partial charge is 0.461 e. The summed E-state index contributed by atoms with van der Waals surface area (Å²) in [5.74, 6) is -0.725. The van der Waals surface area contributed by atoms with Crippen molar-refractivity contribution in [2.75, 3.05) is 13.2 Å². The Kier molecular flexibility index (Phi) is 5.12.